The number of hydrogen-bond donors (Lipinski definition) is 1. The monoisotopic (exact) mass is 374 g/mol. The molecule has 0 saturated carbocycles. The molecule has 144 valence electrons. The topological polar surface area (TPSA) is 50.2 Å². The molecule has 4 heterocycles. The summed E-state index contributed by atoms with van der Waals surface area (Å²) in [5, 5.41) is 9.19. The number of fused-ring (bicyclic) bond motifs is 4. The molecular formula is C23H26N4O. The highest BCUT2D eigenvalue weighted by Crippen LogP contribution is 2.31. The molecule has 28 heavy (non-hydrogen) atoms. The second kappa shape index (κ2) is 6.74. The van der Waals surface area contributed by atoms with E-state index in [4.69, 9.17) is 5.10 Å². The van der Waals surface area contributed by atoms with E-state index in [0.29, 0.717) is 11.5 Å². The molecule has 1 aromatic heterocycles. The van der Waals surface area contributed by atoms with E-state index in [2.05, 4.69) is 35.3 Å². The van der Waals surface area contributed by atoms with Crippen molar-refractivity contribution in [3.63, 3.8) is 0 Å². The van der Waals surface area contributed by atoms with Crippen molar-refractivity contribution in [3.8, 4) is 11.3 Å². The van der Waals surface area contributed by atoms with E-state index in [-0.39, 0.29) is 11.9 Å². The van der Waals surface area contributed by atoms with Gasteiger partial charge in [0.2, 0.25) is 0 Å². The number of aryl methyl sites for hydroxylation is 2. The van der Waals surface area contributed by atoms with Crippen LogP contribution in [0.4, 0.5) is 0 Å². The Labute approximate surface area is 165 Å². The van der Waals surface area contributed by atoms with Gasteiger partial charge in [0.05, 0.1) is 5.52 Å². The van der Waals surface area contributed by atoms with Crippen LogP contribution in [0.15, 0.2) is 42.5 Å². The maximum atomic E-state index is 13.0. The molecule has 2 bridgehead atoms. The van der Waals surface area contributed by atoms with Gasteiger partial charge in [0.15, 0.2) is 0 Å². The number of benzene rings is 2. The van der Waals surface area contributed by atoms with Crippen LogP contribution >= 0.6 is 0 Å². The fraction of sp³-hybridized carbons (Fsp3) is 0.391. The van der Waals surface area contributed by atoms with Gasteiger partial charge in [0, 0.05) is 36.1 Å². The summed E-state index contributed by atoms with van der Waals surface area (Å²) in [5.41, 5.74) is 4.94. The number of rotatable bonds is 3. The van der Waals surface area contributed by atoms with E-state index < -0.39 is 0 Å². The Morgan fingerprint density at radius 2 is 1.93 bits per heavy atom. The Morgan fingerprint density at radius 3 is 2.68 bits per heavy atom. The van der Waals surface area contributed by atoms with Crippen LogP contribution in [0.3, 0.4) is 0 Å². The van der Waals surface area contributed by atoms with Crippen molar-refractivity contribution in [1.82, 2.24) is 20.0 Å². The van der Waals surface area contributed by atoms with E-state index in [0.717, 1.165) is 28.7 Å². The molecule has 1 unspecified atom stereocenters. The summed E-state index contributed by atoms with van der Waals surface area (Å²) in [6.45, 7) is 5.45. The standard InChI is InChI=1S/C23H26N4O/c1-15-5-3-8-20-21(15)22(25-26(20)2)17-6-4-7-18(13-17)23(28)24-19-14-27-11-9-16(19)10-12-27/h3-8,13,16,19H,9-12,14H2,1-2H3,(H,24,28). The van der Waals surface area contributed by atoms with E-state index in [1.807, 2.05) is 36.0 Å². The zero-order valence-electron chi connectivity index (χ0n) is 16.5. The predicted octanol–water partition coefficient (Wildman–Crippen LogP) is 3.37. The van der Waals surface area contributed by atoms with Crippen LogP contribution in [0.5, 0.6) is 0 Å². The van der Waals surface area contributed by atoms with Crippen molar-refractivity contribution in [1.29, 1.82) is 0 Å². The zero-order chi connectivity index (χ0) is 19.3. The number of carbonyl (C=O) groups excluding carboxylic acids is 1. The zero-order valence-corrected chi connectivity index (χ0v) is 16.5. The van der Waals surface area contributed by atoms with Crippen molar-refractivity contribution in [2.45, 2.75) is 25.8 Å². The predicted molar refractivity (Wildman–Crippen MR) is 111 cm³/mol. The fourth-order valence-corrected chi connectivity index (χ4v) is 4.87. The highest BCUT2D eigenvalue weighted by Gasteiger charge is 2.35. The van der Waals surface area contributed by atoms with E-state index >= 15 is 0 Å². The lowest BCUT2D eigenvalue weighted by molar-refractivity contribution is 0.0620. The Balaban J connectivity index is 1.45. The normalized spacial score (nSPS) is 23.9. The minimum Gasteiger partial charge on any atom is -0.348 e. The molecule has 0 spiro atoms. The van der Waals surface area contributed by atoms with Gasteiger partial charge in [-0.3, -0.25) is 9.48 Å². The number of amides is 1. The van der Waals surface area contributed by atoms with Gasteiger partial charge >= 0.3 is 0 Å². The lowest BCUT2D eigenvalue weighted by atomic mass is 9.84. The van der Waals surface area contributed by atoms with E-state index in [1.165, 1.54) is 31.5 Å². The molecule has 3 fully saturated rings. The summed E-state index contributed by atoms with van der Waals surface area (Å²) < 4.78 is 1.91. The Morgan fingerprint density at radius 1 is 1.14 bits per heavy atom. The first kappa shape index (κ1) is 17.4. The van der Waals surface area contributed by atoms with Gasteiger partial charge < -0.3 is 10.2 Å². The Hall–Kier alpha value is -2.66. The van der Waals surface area contributed by atoms with Crippen molar-refractivity contribution in [2.24, 2.45) is 13.0 Å². The Kier molecular flexibility index (Phi) is 4.20. The van der Waals surface area contributed by atoms with Crippen molar-refractivity contribution < 1.29 is 4.79 Å². The first-order valence-corrected chi connectivity index (χ1v) is 10.2. The number of aromatic nitrogens is 2. The molecule has 1 N–H and O–H groups in total. The van der Waals surface area contributed by atoms with Crippen molar-refractivity contribution in [2.75, 3.05) is 19.6 Å². The van der Waals surface area contributed by atoms with E-state index in [1.54, 1.807) is 0 Å². The molecule has 3 aliphatic heterocycles. The highest BCUT2D eigenvalue weighted by atomic mass is 16.1. The maximum absolute atomic E-state index is 13.0. The number of nitrogens with one attached hydrogen (secondary N) is 1. The number of carbonyl (C=O) groups is 1. The molecule has 0 radical (unpaired) electrons. The van der Waals surface area contributed by atoms with Crippen LogP contribution in [0.25, 0.3) is 22.2 Å². The summed E-state index contributed by atoms with van der Waals surface area (Å²) in [4.78, 5) is 15.4. The van der Waals surface area contributed by atoms with Gasteiger partial charge in [0.1, 0.15) is 5.69 Å². The summed E-state index contributed by atoms with van der Waals surface area (Å²) in [6, 6.07) is 14.4. The minimum atomic E-state index is 0.0255. The fourth-order valence-electron chi connectivity index (χ4n) is 4.87. The molecule has 1 atom stereocenters. The molecule has 5 nitrogen and oxygen atoms in total. The second-order valence-corrected chi connectivity index (χ2v) is 8.24. The van der Waals surface area contributed by atoms with Crippen molar-refractivity contribution in [3.05, 3.63) is 53.6 Å². The van der Waals surface area contributed by atoms with Crippen molar-refractivity contribution >= 4 is 16.8 Å². The summed E-state index contributed by atoms with van der Waals surface area (Å²) in [5.74, 6) is 0.650. The van der Waals surface area contributed by atoms with Crippen LogP contribution in [-0.4, -0.2) is 46.3 Å². The Bertz CT molecular complexity index is 1050. The molecule has 1 amide bonds. The quantitative estimate of drug-likeness (QED) is 0.765. The largest absolute Gasteiger partial charge is 0.348 e. The van der Waals surface area contributed by atoms with Gasteiger partial charge in [-0.05, 0) is 62.5 Å². The number of hydrogen-bond acceptors (Lipinski definition) is 3. The van der Waals surface area contributed by atoms with Crippen LogP contribution in [-0.2, 0) is 7.05 Å². The molecule has 6 rings (SSSR count). The van der Waals surface area contributed by atoms with Crippen LogP contribution < -0.4 is 5.32 Å². The van der Waals surface area contributed by atoms with Gasteiger partial charge in [-0.25, -0.2) is 0 Å². The SMILES string of the molecule is Cc1cccc2c1c(-c1cccc(C(=O)NC3CN4CCC3CC4)c1)nn2C. The number of nitrogens with zero attached hydrogens (tertiary/aromatic N) is 3. The summed E-state index contributed by atoms with van der Waals surface area (Å²) in [6.07, 6.45) is 2.40. The molecule has 3 aromatic rings. The molecule has 3 aliphatic rings. The minimum absolute atomic E-state index is 0.0255. The van der Waals surface area contributed by atoms with Gasteiger partial charge in [0.25, 0.3) is 5.91 Å². The van der Waals surface area contributed by atoms with Gasteiger partial charge in [-0.1, -0.05) is 24.3 Å². The molecule has 2 aromatic carbocycles. The number of piperidine rings is 3. The maximum Gasteiger partial charge on any atom is 0.251 e. The molecular weight excluding hydrogens is 348 g/mol. The average Bonchev–Trinajstić information content (AvgIpc) is 3.07. The lowest BCUT2D eigenvalue weighted by Crippen LogP contribution is -2.57. The van der Waals surface area contributed by atoms with Gasteiger partial charge in [-0.15, -0.1) is 0 Å². The third kappa shape index (κ3) is 2.90. The highest BCUT2D eigenvalue weighted by molar-refractivity contribution is 5.99. The summed E-state index contributed by atoms with van der Waals surface area (Å²) >= 11 is 0. The molecule has 5 heteroatoms. The first-order chi connectivity index (χ1) is 13.6. The lowest BCUT2D eigenvalue weighted by Gasteiger charge is -2.44. The second-order valence-electron chi connectivity index (χ2n) is 8.24. The average molecular weight is 374 g/mol. The van der Waals surface area contributed by atoms with Crippen LogP contribution in [0, 0.1) is 12.8 Å². The third-order valence-electron chi connectivity index (χ3n) is 6.46. The first-order valence-electron chi connectivity index (χ1n) is 10.2. The smallest absolute Gasteiger partial charge is 0.251 e. The molecule has 3 saturated heterocycles. The molecule has 0 aliphatic carbocycles. The van der Waals surface area contributed by atoms with Crippen LogP contribution in [0.1, 0.15) is 28.8 Å². The van der Waals surface area contributed by atoms with Gasteiger partial charge in [-0.2, -0.15) is 5.10 Å². The van der Waals surface area contributed by atoms with E-state index in [9.17, 15) is 4.79 Å². The third-order valence-corrected chi connectivity index (χ3v) is 6.46. The van der Waals surface area contributed by atoms with Crippen LogP contribution in [0.2, 0.25) is 0 Å². The summed E-state index contributed by atoms with van der Waals surface area (Å²) in [7, 11) is 1.97.